The van der Waals surface area contributed by atoms with E-state index < -0.39 is 0 Å². The van der Waals surface area contributed by atoms with E-state index in [9.17, 15) is 0 Å². The zero-order chi connectivity index (χ0) is 18.8. The monoisotopic (exact) mass is 351 g/mol. The van der Waals surface area contributed by atoms with Gasteiger partial charge in [0.2, 0.25) is 5.88 Å². The van der Waals surface area contributed by atoms with E-state index in [2.05, 4.69) is 68.6 Å². The molecule has 0 aliphatic heterocycles. The molecule has 0 saturated carbocycles. The van der Waals surface area contributed by atoms with Gasteiger partial charge in [-0.3, -0.25) is 0 Å². The van der Waals surface area contributed by atoms with Crippen molar-refractivity contribution in [3.05, 3.63) is 41.2 Å². The molecule has 3 heterocycles. The average Bonchev–Trinajstić information content (AvgIpc) is 2.93. The smallest absolute Gasteiger partial charge is 0.222 e. The molecule has 0 amide bonds. The van der Waals surface area contributed by atoms with Crippen molar-refractivity contribution in [3.63, 3.8) is 0 Å². The molecule has 0 fully saturated rings. The topological polar surface area (TPSA) is 39.9 Å². The van der Waals surface area contributed by atoms with Gasteiger partial charge in [0, 0.05) is 18.4 Å². The second kappa shape index (κ2) is 7.48. The van der Waals surface area contributed by atoms with Gasteiger partial charge in [-0.25, -0.2) is 9.97 Å². The molecule has 0 unspecified atom stereocenters. The molecule has 0 radical (unpaired) electrons. The maximum Gasteiger partial charge on any atom is 0.222 e. The summed E-state index contributed by atoms with van der Waals surface area (Å²) in [6.07, 6.45) is 4.58. The second-order valence-corrected chi connectivity index (χ2v) is 7.33. The Labute approximate surface area is 156 Å². The van der Waals surface area contributed by atoms with Crippen molar-refractivity contribution in [2.45, 2.75) is 59.9 Å². The van der Waals surface area contributed by atoms with E-state index in [0.717, 1.165) is 34.6 Å². The summed E-state index contributed by atoms with van der Waals surface area (Å²) < 4.78 is 7.92. The van der Waals surface area contributed by atoms with E-state index in [1.54, 1.807) is 7.11 Å². The van der Waals surface area contributed by atoms with Crippen LogP contribution in [0.4, 0.5) is 0 Å². The summed E-state index contributed by atoms with van der Waals surface area (Å²) in [5.41, 5.74) is 7.57. The van der Waals surface area contributed by atoms with Crippen LogP contribution >= 0.6 is 0 Å². The van der Waals surface area contributed by atoms with Crippen LogP contribution in [-0.2, 0) is 6.54 Å². The van der Waals surface area contributed by atoms with Crippen LogP contribution < -0.4 is 4.74 Å². The molecule has 0 aromatic carbocycles. The minimum absolute atomic E-state index is 0.365. The number of unbranched alkanes of at least 4 members (excludes halogenated alkanes) is 1. The fourth-order valence-corrected chi connectivity index (χ4v) is 3.37. The maximum atomic E-state index is 5.59. The van der Waals surface area contributed by atoms with Crippen molar-refractivity contribution in [1.82, 2.24) is 14.5 Å². The standard InChI is InChI=1S/C22H29N3O/c1-7-8-11-25-13-16(5)21-19(25)12-15(4)20(24-21)17-9-10-18(14(2)3)23-22(17)26-6/h9-10,12-14H,7-8,11H2,1-6H3. The number of fused-ring (bicyclic) bond motifs is 1. The minimum Gasteiger partial charge on any atom is -0.480 e. The Morgan fingerprint density at radius 1 is 1.12 bits per heavy atom. The predicted molar refractivity (Wildman–Crippen MR) is 108 cm³/mol. The number of methoxy groups -OCH3 is 1. The van der Waals surface area contributed by atoms with Crippen LogP contribution in [0.15, 0.2) is 24.4 Å². The molecule has 0 atom stereocenters. The van der Waals surface area contributed by atoms with E-state index in [-0.39, 0.29) is 0 Å². The van der Waals surface area contributed by atoms with Crippen LogP contribution in [-0.4, -0.2) is 21.6 Å². The summed E-state index contributed by atoms with van der Waals surface area (Å²) >= 11 is 0. The van der Waals surface area contributed by atoms with Crippen LogP contribution in [0.25, 0.3) is 22.3 Å². The van der Waals surface area contributed by atoms with Crippen molar-refractivity contribution in [3.8, 4) is 17.1 Å². The zero-order valence-electron chi connectivity index (χ0n) is 16.8. The van der Waals surface area contributed by atoms with Crippen molar-refractivity contribution >= 4 is 11.0 Å². The van der Waals surface area contributed by atoms with Gasteiger partial charge >= 0.3 is 0 Å². The quantitative estimate of drug-likeness (QED) is 0.576. The summed E-state index contributed by atoms with van der Waals surface area (Å²) in [6, 6.07) is 6.41. The van der Waals surface area contributed by atoms with Gasteiger partial charge in [-0.1, -0.05) is 27.2 Å². The number of hydrogen-bond donors (Lipinski definition) is 0. The Kier molecular flexibility index (Phi) is 5.30. The lowest BCUT2D eigenvalue weighted by Gasteiger charge is -2.13. The SMILES string of the molecule is CCCCn1cc(C)c2nc(-c3ccc(C(C)C)nc3OC)c(C)cc21. The Hall–Kier alpha value is -2.36. The normalized spacial score (nSPS) is 11.5. The summed E-state index contributed by atoms with van der Waals surface area (Å²) in [5.74, 6) is 1.01. The number of ether oxygens (including phenoxy) is 1. The lowest BCUT2D eigenvalue weighted by Crippen LogP contribution is -2.01. The molecular weight excluding hydrogens is 322 g/mol. The first kappa shape index (κ1) is 18.4. The van der Waals surface area contributed by atoms with E-state index in [1.807, 2.05) is 0 Å². The predicted octanol–water partition coefficient (Wildman–Crippen LogP) is 5.65. The molecule has 0 N–H and O–H groups in total. The number of pyridine rings is 2. The fraction of sp³-hybridized carbons (Fsp3) is 0.455. The number of nitrogens with zero attached hydrogens (tertiary/aromatic N) is 3. The number of aromatic nitrogens is 3. The van der Waals surface area contributed by atoms with Crippen LogP contribution in [0.3, 0.4) is 0 Å². The Balaban J connectivity index is 2.14. The van der Waals surface area contributed by atoms with Gasteiger partial charge in [0.25, 0.3) is 0 Å². The molecule has 138 valence electrons. The fourth-order valence-electron chi connectivity index (χ4n) is 3.37. The third kappa shape index (κ3) is 3.33. The molecule has 0 saturated heterocycles. The van der Waals surface area contributed by atoms with Crippen LogP contribution in [0.5, 0.6) is 5.88 Å². The zero-order valence-corrected chi connectivity index (χ0v) is 16.8. The van der Waals surface area contributed by atoms with Crippen LogP contribution in [0.1, 0.15) is 56.4 Å². The first-order valence-corrected chi connectivity index (χ1v) is 9.48. The molecule has 3 aromatic heterocycles. The van der Waals surface area contributed by atoms with E-state index in [0.29, 0.717) is 11.8 Å². The molecule has 0 aliphatic rings. The molecule has 0 aliphatic carbocycles. The minimum atomic E-state index is 0.365. The molecule has 3 rings (SSSR count). The molecule has 0 bridgehead atoms. The van der Waals surface area contributed by atoms with Gasteiger partial charge in [0.05, 0.1) is 29.4 Å². The van der Waals surface area contributed by atoms with Crippen molar-refractivity contribution < 1.29 is 4.74 Å². The highest BCUT2D eigenvalue weighted by Crippen LogP contribution is 2.33. The van der Waals surface area contributed by atoms with Crippen molar-refractivity contribution in [2.24, 2.45) is 0 Å². The van der Waals surface area contributed by atoms with Gasteiger partial charge < -0.3 is 9.30 Å². The van der Waals surface area contributed by atoms with Crippen molar-refractivity contribution in [2.75, 3.05) is 7.11 Å². The second-order valence-electron chi connectivity index (χ2n) is 7.33. The van der Waals surface area contributed by atoms with E-state index in [4.69, 9.17) is 9.72 Å². The highest BCUT2D eigenvalue weighted by molar-refractivity contribution is 5.85. The highest BCUT2D eigenvalue weighted by Gasteiger charge is 2.17. The van der Waals surface area contributed by atoms with Crippen LogP contribution in [0.2, 0.25) is 0 Å². The first-order valence-electron chi connectivity index (χ1n) is 9.48. The lowest BCUT2D eigenvalue weighted by atomic mass is 10.0. The van der Waals surface area contributed by atoms with Crippen LogP contribution in [0, 0.1) is 13.8 Å². The van der Waals surface area contributed by atoms with E-state index in [1.165, 1.54) is 23.9 Å². The third-order valence-corrected chi connectivity index (χ3v) is 4.90. The van der Waals surface area contributed by atoms with Gasteiger partial charge in [-0.15, -0.1) is 0 Å². The molecule has 0 spiro atoms. The lowest BCUT2D eigenvalue weighted by molar-refractivity contribution is 0.397. The summed E-state index contributed by atoms with van der Waals surface area (Å²) in [6.45, 7) is 11.8. The third-order valence-electron chi connectivity index (χ3n) is 4.90. The Bertz CT molecular complexity index is 925. The summed E-state index contributed by atoms with van der Waals surface area (Å²) in [5, 5.41) is 0. The Morgan fingerprint density at radius 2 is 1.88 bits per heavy atom. The maximum absolute atomic E-state index is 5.59. The van der Waals surface area contributed by atoms with Gasteiger partial charge in [-0.05, 0) is 55.5 Å². The molecule has 26 heavy (non-hydrogen) atoms. The summed E-state index contributed by atoms with van der Waals surface area (Å²) in [4.78, 5) is 9.70. The molecule has 4 heteroatoms. The summed E-state index contributed by atoms with van der Waals surface area (Å²) in [7, 11) is 1.68. The molecular formula is C22H29N3O. The highest BCUT2D eigenvalue weighted by atomic mass is 16.5. The Morgan fingerprint density at radius 3 is 2.54 bits per heavy atom. The number of rotatable bonds is 6. The average molecular weight is 351 g/mol. The van der Waals surface area contributed by atoms with Gasteiger partial charge in [0.15, 0.2) is 0 Å². The first-order chi connectivity index (χ1) is 12.5. The number of hydrogen-bond acceptors (Lipinski definition) is 3. The van der Waals surface area contributed by atoms with E-state index >= 15 is 0 Å². The number of aryl methyl sites for hydroxylation is 3. The molecule has 3 aromatic rings. The van der Waals surface area contributed by atoms with Gasteiger partial charge in [0.1, 0.15) is 0 Å². The van der Waals surface area contributed by atoms with Crippen molar-refractivity contribution in [1.29, 1.82) is 0 Å². The molecule has 4 nitrogen and oxygen atoms in total. The largest absolute Gasteiger partial charge is 0.480 e. The van der Waals surface area contributed by atoms with Gasteiger partial charge in [-0.2, -0.15) is 0 Å².